The van der Waals surface area contributed by atoms with Gasteiger partial charge < -0.3 is 9.80 Å². The highest BCUT2D eigenvalue weighted by Gasteiger charge is 2.73. The molecule has 5 saturated carbocycles. The predicted molar refractivity (Wildman–Crippen MR) is 121 cm³/mol. The van der Waals surface area contributed by atoms with E-state index in [1.54, 1.807) is 0 Å². The van der Waals surface area contributed by atoms with E-state index in [0.29, 0.717) is 28.6 Å². The molecule has 0 aromatic carbocycles. The molecule has 2 saturated heterocycles. The van der Waals surface area contributed by atoms with Gasteiger partial charge >= 0.3 is 6.03 Å². The number of H-pyrrole nitrogens is 1. The lowest BCUT2D eigenvalue weighted by Gasteiger charge is -2.75. The number of carbonyl (C=O) groups is 1. The lowest BCUT2D eigenvalue weighted by Crippen LogP contribution is -2.76. The Labute approximate surface area is 194 Å². The zero-order valence-corrected chi connectivity index (χ0v) is 19.7. The summed E-state index contributed by atoms with van der Waals surface area (Å²) >= 11 is 0. The molecule has 2 aromatic heterocycles. The van der Waals surface area contributed by atoms with E-state index >= 15 is 0 Å². The molecule has 174 valence electrons. The van der Waals surface area contributed by atoms with E-state index in [1.807, 2.05) is 0 Å². The molecule has 8 nitrogen and oxygen atoms in total. The summed E-state index contributed by atoms with van der Waals surface area (Å²) in [6, 6.07) is 2.47. The fraction of sp³-hybridized carbons (Fsp3) is 0.760. The Morgan fingerprint density at radius 3 is 2.42 bits per heavy atom. The molecule has 2 bridgehead atoms. The van der Waals surface area contributed by atoms with E-state index < -0.39 is 0 Å². The number of hydrogen-bond acceptors (Lipinski definition) is 4. The van der Waals surface area contributed by atoms with Crippen LogP contribution in [0.2, 0.25) is 0 Å². The molecule has 2 aliphatic heterocycles. The first-order chi connectivity index (χ1) is 15.9. The third-order valence-electron chi connectivity index (χ3n) is 10.1. The van der Waals surface area contributed by atoms with E-state index in [4.69, 9.17) is 10.1 Å². The van der Waals surface area contributed by atoms with Crippen LogP contribution in [0.25, 0.3) is 0 Å². The fourth-order valence-corrected chi connectivity index (χ4v) is 8.13. The average molecular weight is 448 g/mol. The Kier molecular flexibility index (Phi) is 3.34. The van der Waals surface area contributed by atoms with Gasteiger partial charge in [0, 0.05) is 55.0 Å². The molecule has 7 aliphatic rings. The van der Waals surface area contributed by atoms with E-state index in [2.05, 4.69) is 44.6 Å². The third kappa shape index (κ3) is 2.47. The van der Waals surface area contributed by atoms with Gasteiger partial charge in [0.2, 0.25) is 0 Å². The van der Waals surface area contributed by atoms with Crippen LogP contribution in [0.4, 0.5) is 4.79 Å². The van der Waals surface area contributed by atoms with Crippen molar-refractivity contribution in [3.05, 3.63) is 29.1 Å². The molecule has 0 unspecified atom stereocenters. The zero-order chi connectivity index (χ0) is 22.2. The molecule has 0 radical (unpaired) electrons. The van der Waals surface area contributed by atoms with Crippen LogP contribution in [-0.4, -0.2) is 67.0 Å². The topological polar surface area (TPSA) is 82.9 Å². The van der Waals surface area contributed by atoms with Crippen LogP contribution in [0, 0.1) is 30.6 Å². The maximum atomic E-state index is 13.0. The predicted octanol–water partition coefficient (Wildman–Crippen LogP) is 3.31. The van der Waals surface area contributed by atoms with Crippen molar-refractivity contribution in [2.45, 2.75) is 76.2 Å². The molecule has 1 spiro atoms. The van der Waals surface area contributed by atoms with Crippen molar-refractivity contribution >= 4 is 6.03 Å². The van der Waals surface area contributed by atoms with Crippen molar-refractivity contribution < 1.29 is 4.79 Å². The molecular weight excluding hydrogens is 414 g/mol. The first-order valence-corrected chi connectivity index (χ1v) is 12.9. The molecule has 7 fully saturated rings. The van der Waals surface area contributed by atoms with Crippen LogP contribution in [0.5, 0.6) is 0 Å². The monoisotopic (exact) mass is 447 g/mol. The van der Waals surface area contributed by atoms with Gasteiger partial charge in [0.05, 0.1) is 11.2 Å². The normalized spacial score (nSPS) is 34.4. The number of aryl methyl sites for hydroxylation is 2. The summed E-state index contributed by atoms with van der Waals surface area (Å²) in [4.78, 5) is 21.9. The van der Waals surface area contributed by atoms with E-state index in [0.717, 1.165) is 56.4 Å². The molecule has 1 N–H and O–H groups in total. The number of nitrogens with zero attached hydrogens (tertiary/aromatic N) is 6. The van der Waals surface area contributed by atoms with E-state index in [1.165, 1.54) is 37.8 Å². The van der Waals surface area contributed by atoms with Gasteiger partial charge in [-0.2, -0.15) is 10.2 Å². The number of nitrogens with one attached hydrogen (secondary N) is 1. The number of carbonyl (C=O) groups excluding carboxylic acids is 1. The Morgan fingerprint density at radius 1 is 1.06 bits per heavy atom. The highest BCUT2D eigenvalue weighted by molar-refractivity contribution is 5.76. The van der Waals surface area contributed by atoms with Crippen LogP contribution in [0.3, 0.4) is 0 Å². The Bertz CT molecular complexity index is 1140. The first-order valence-electron chi connectivity index (χ1n) is 12.9. The van der Waals surface area contributed by atoms with Gasteiger partial charge in [0.1, 0.15) is 5.82 Å². The number of likely N-dealkylation sites (tertiary alicyclic amines) is 2. The van der Waals surface area contributed by atoms with Crippen LogP contribution in [0.1, 0.15) is 79.8 Å². The first kappa shape index (κ1) is 19.0. The Balaban J connectivity index is 0.818. The van der Waals surface area contributed by atoms with Crippen LogP contribution < -0.4 is 0 Å². The summed E-state index contributed by atoms with van der Waals surface area (Å²) in [7, 11) is 0. The summed E-state index contributed by atoms with van der Waals surface area (Å²) in [5.74, 6) is 3.91. The number of urea groups is 1. The second kappa shape index (κ2) is 5.81. The largest absolute Gasteiger partial charge is 0.324 e. The van der Waals surface area contributed by atoms with Gasteiger partial charge in [0.25, 0.3) is 0 Å². The molecule has 33 heavy (non-hydrogen) atoms. The number of rotatable bonds is 4. The molecule has 9 rings (SSSR count). The summed E-state index contributed by atoms with van der Waals surface area (Å²) in [6.07, 6.45) is 8.55. The van der Waals surface area contributed by atoms with Crippen LogP contribution in [0.15, 0.2) is 6.07 Å². The number of amides is 2. The molecule has 4 heterocycles. The standard InChI is InChI=1S/C25H33N7O/c1-15-5-16(2)32(29-15)25-10-24(11-25,12-25)19-8-30(9-19)22(33)31-13-23(14-31)6-18(7-23)21-26-20(27-28-21)17-3-4-17/h5,17-19H,3-4,6-14H2,1-2H3,(H,26,27,28). The zero-order valence-electron chi connectivity index (χ0n) is 19.7. The van der Waals surface area contributed by atoms with Crippen LogP contribution in [-0.2, 0) is 5.54 Å². The van der Waals surface area contributed by atoms with Gasteiger partial charge in [0.15, 0.2) is 5.82 Å². The Hall–Kier alpha value is -2.38. The quantitative estimate of drug-likeness (QED) is 0.780. The summed E-state index contributed by atoms with van der Waals surface area (Å²) in [5, 5.41) is 12.4. The minimum absolute atomic E-state index is 0.274. The van der Waals surface area contributed by atoms with Crippen LogP contribution >= 0.6 is 0 Å². The maximum Gasteiger partial charge on any atom is 0.320 e. The summed E-state index contributed by atoms with van der Waals surface area (Å²) in [6.45, 7) is 8.04. The molecule has 2 amide bonds. The average Bonchev–Trinajstić information content (AvgIpc) is 3.26. The smallest absolute Gasteiger partial charge is 0.320 e. The highest BCUT2D eigenvalue weighted by Crippen LogP contribution is 2.75. The SMILES string of the molecule is Cc1cc(C)n(C23CC(C4CN(C(=O)N5CC6(CC(c7nc(C8CC8)n[nH]7)C6)C5)C4)(C2)C3)n1. The maximum absolute atomic E-state index is 13.0. The number of aromatic amines is 1. The molecular formula is C25H33N7O. The number of hydrogen-bond donors (Lipinski definition) is 1. The fourth-order valence-electron chi connectivity index (χ4n) is 8.13. The van der Waals surface area contributed by atoms with Crippen molar-refractivity contribution in [3.63, 3.8) is 0 Å². The molecule has 0 atom stereocenters. The van der Waals surface area contributed by atoms with Crippen molar-refractivity contribution in [3.8, 4) is 0 Å². The summed E-state index contributed by atoms with van der Waals surface area (Å²) < 4.78 is 2.29. The van der Waals surface area contributed by atoms with Gasteiger partial charge in [-0.05, 0) is 70.3 Å². The minimum atomic E-state index is 0.274. The van der Waals surface area contributed by atoms with Crippen molar-refractivity contribution in [1.82, 2.24) is 34.8 Å². The van der Waals surface area contributed by atoms with E-state index in [9.17, 15) is 4.79 Å². The van der Waals surface area contributed by atoms with Crippen molar-refractivity contribution in [1.29, 1.82) is 0 Å². The van der Waals surface area contributed by atoms with Crippen molar-refractivity contribution in [2.24, 2.45) is 16.7 Å². The molecule has 5 aliphatic carbocycles. The Morgan fingerprint density at radius 2 is 1.79 bits per heavy atom. The van der Waals surface area contributed by atoms with Gasteiger partial charge in [-0.25, -0.2) is 9.78 Å². The minimum Gasteiger partial charge on any atom is -0.324 e. The summed E-state index contributed by atoms with van der Waals surface area (Å²) in [5.41, 5.74) is 3.54. The molecule has 8 heteroatoms. The van der Waals surface area contributed by atoms with Gasteiger partial charge in [-0.1, -0.05) is 0 Å². The third-order valence-corrected chi connectivity index (χ3v) is 10.1. The van der Waals surface area contributed by atoms with Crippen molar-refractivity contribution in [2.75, 3.05) is 26.2 Å². The van der Waals surface area contributed by atoms with E-state index in [-0.39, 0.29) is 11.6 Å². The second-order valence-corrected chi connectivity index (χ2v) is 12.7. The highest BCUT2D eigenvalue weighted by atomic mass is 16.2. The lowest BCUT2D eigenvalue weighted by molar-refractivity contribution is -0.246. The second-order valence-electron chi connectivity index (χ2n) is 12.7. The van der Waals surface area contributed by atoms with Gasteiger partial charge in [-0.15, -0.1) is 0 Å². The number of aromatic nitrogens is 5. The van der Waals surface area contributed by atoms with Gasteiger partial charge in [-0.3, -0.25) is 9.78 Å². The molecule has 2 aromatic rings. The lowest BCUT2D eigenvalue weighted by atomic mass is 9.35.